The van der Waals surface area contributed by atoms with Gasteiger partial charge in [-0.05, 0) is 24.6 Å². The Morgan fingerprint density at radius 1 is 1.15 bits per heavy atom. The van der Waals surface area contributed by atoms with E-state index in [1.165, 1.54) is 0 Å². The van der Waals surface area contributed by atoms with Crippen molar-refractivity contribution in [3.63, 3.8) is 0 Å². The van der Waals surface area contributed by atoms with Crippen LogP contribution in [0, 0.1) is 0 Å². The zero-order chi connectivity index (χ0) is 14.1. The fourth-order valence-electron chi connectivity index (χ4n) is 2.53. The molecular formula is C16H14ClNO2. The fourth-order valence-corrected chi connectivity index (χ4v) is 2.75. The molecule has 0 fully saturated rings. The van der Waals surface area contributed by atoms with Crippen LogP contribution in [0.1, 0.15) is 28.4 Å². The summed E-state index contributed by atoms with van der Waals surface area (Å²) in [5.41, 5.74) is 2.04. The van der Waals surface area contributed by atoms with Gasteiger partial charge in [0.2, 0.25) is 0 Å². The van der Waals surface area contributed by atoms with Gasteiger partial charge in [-0.2, -0.15) is 0 Å². The van der Waals surface area contributed by atoms with E-state index in [9.17, 15) is 9.90 Å². The highest BCUT2D eigenvalue weighted by Gasteiger charge is 2.28. The Bertz CT molecular complexity index is 656. The maximum Gasteiger partial charge on any atom is 0.259 e. The summed E-state index contributed by atoms with van der Waals surface area (Å²) < 4.78 is 0. The highest BCUT2D eigenvalue weighted by molar-refractivity contribution is 6.34. The molecule has 4 heteroatoms. The van der Waals surface area contributed by atoms with E-state index in [-0.39, 0.29) is 5.91 Å². The number of carbonyl (C=O) groups excluding carboxylic acids is 1. The second kappa shape index (κ2) is 5.27. The Hall–Kier alpha value is -1.84. The number of hydrogen-bond acceptors (Lipinski definition) is 2. The SMILES string of the molecule is O=C(c1ccccc1Cl)N1CCC(O)c2ccccc21. The standard InChI is InChI=1S/C16H14ClNO2/c17-13-7-3-1-5-11(13)16(20)18-10-9-15(19)12-6-2-4-8-14(12)18/h1-8,15,19H,9-10H2. The highest BCUT2D eigenvalue weighted by atomic mass is 35.5. The maximum atomic E-state index is 12.6. The monoisotopic (exact) mass is 287 g/mol. The van der Waals surface area contributed by atoms with E-state index in [0.29, 0.717) is 23.6 Å². The van der Waals surface area contributed by atoms with Crippen molar-refractivity contribution >= 4 is 23.2 Å². The average Bonchev–Trinajstić information content (AvgIpc) is 2.48. The number of amides is 1. The third-order valence-electron chi connectivity index (χ3n) is 3.56. The molecule has 0 saturated heterocycles. The van der Waals surface area contributed by atoms with Crippen molar-refractivity contribution in [2.24, 2.45) is 0 Å². The first-order chi connectivity index (χ1) is 9.68. The van der Waals surface area contributed by atoms with Gasteiger partial charge in [0.15, 0.2) is 0 Å². The lowest BCUT2D eigenvalue weighted by molar-refractivity contribution is 0.0970. The fraction of sp³-hybridized carbons (Fsp3) is 0.188. The molecule has 0 aliphatic carbocycles. The third kappa shape index (κ3) is 2.19. The van der Waals surface area contributed by atoms with Gasteiger partial charge in [0.1, 0.15) is 0 Å². The Labute approximate surface area is 122 Å². The number of para-hydroxylation sites is 1. The van der Waals surface area contributed by atoms with Crippen molar-refractivity contribution in [2.75, 3.05) is 11.4 Å². The molecule has 0 bridgehead atoms. The van der Waals surface area contributed by atoms with Crippen molar-refractivity contribution in [3.8, 4) is 0 Å². The summed E-state index contributed by atoms with van der Waals surface area (Å²) in [5.74, 6) is -0.130. The Morgan fingerprint density at radius 3 is 2.65 bits per heavy atom. The molecular weight excluding hydrogens is 274 g/mol. The lowest BCUT2D eigenvalue weighted by atomic mass is 9.98. The van der Waals surface area contributed by atoms with Gasteiger partial charge in [-0.25, -0.2) is 0 Å². The Morgan fingerprint density at radius 2 is 1.85 bits per heavy atom. The molecule has 3 rings (SSSR count). The van der Waals surface area contributed by atoms with Crippen molar-refractivity contribution in [1.82, 2.24) is 0 Å². The minimum absolute atomic E-state index is 0.130. The molecule has 1 atom stereocenters. The second-order valence-electron chi connectivity index (χ2n) is 4.80. The maximum absolute atomic E-state index is 12.6. The predicted molar refractivity (Wildman–Crippen MR) is 79.1 cm³/mol. The third-order valence-corrected chi connectivity index (χ3v) is 3.89. The minimum atomic E-state index is -0.513. The zero-order valence-corrected chi connectivity index (χ0v) is 11.5. The van der Waals surface area contributed by atoms with E-state index in [2.05, 4.69) is 0 Å². The van der Waals surface area contributed by atoms with E-state index in [1.54, 1.807) is 29.2 Å². The van der Waals surface area contributed by atoms with E-state index >= 15 is 0 Å². The first-order valence-electron chi connectivity index (χ1n) is 6.52. The summed E-state index contributed by atoms with van der Waals surface area (Å²) >= 11 is 6.10. The number of benzene rings is 2. The number of halogens is 1. The van der Waals surface area contributed by atoms with E-state index < -0.39 is 6.10 Å². The van der Waals surface area contributed by atoms with Gasteiger partial charge in [-0.15, -0.1) is 0 Å². The second-order valence-corrected chi connectivity index (χ2v) is 5.21. The topological polar surface area (TPSA) is 40.5 Å². The van der Waals surface area contributed by atoms with Crippen LogP contribution in [0.3, 0.4) is 0 Å². The molecule has 0 spiro atoms. The molecule has 1 N–H and O–H groups in total. The molecule has 1 heterocycles. The van der Waals surface area contributed by atoms with Crippen LogP contribution in [0.4, 0.5) is 5.69 Å². The summed E-state index contributed by atoms with van der Waals surface area (Å²) in [5, 5.41) is 10.5. The van der Waals surface area contributed by atoms with Crippen molar-refractivity contribution in [1.29, 1.82) is 0 Å². The molecule has 1 aliphatic rings. The van der Waals surface area contributed by atoms with Crippen LogP contribution in [-0.4, -0.2) is 17.6 Å². The molecule has 2 aromatic carbocycles. The smallest absolute Gasteiger partial charge is 0.259 e. The molecule has 0 radical (unpaired) electrons. The van der Waals surface area contributed by atoms with Gasteiger partial charge < -0.3 is 10.0 Å². The van der Waals surface area contributed by atoms with Gasteiger partial charge in [0, 0.05) is 17.8 Å². The number of hydrogen-bond donors (Lipinski definition) is 1. The van der Waals surface area contributed by atoms with Gasteiger partial charge in [-0.1, -0.05) is 41.9 Å². The van der Waals surface area contributed by atoms with Crippen molar-refractivity contribution in [3.05, 3.63) is 64.7 Å². The van der Waals surface area contributed by atoms with Crippen LogP contribution in [0.15, 0.2) is 48.5 Å². The molecule has 1 amide bonds. The van der Waals surface area contributed by atoms with Gasteiger partial charge >= 0.3 is 0 Å². The summed E-state index contributed by atoms with van der Waals surface area (Å²) in [6.45, 7) is 0.488. The zero-order valence-electron chi connectivity index (χ0n) is 10.8. The number of nitrogens with zero attached hydrogens (tertiary/aromatic N) is 1. The van der Waals surface area contributed by atoms with Crippen LogP contribution >= 0.6 is 11.6 Å². The summed E-state index contributed by atoms with van der Waals surface area (Å²) in [4.78, 5) is 14.3. The molecule has 2 aromatic rings. The van der Waals surface area contributed by atoms with Gasteiger partial charge in [0.05, 0.1) is 16.7 Å². The van der Waals surface area contributed by atoms with E-state index in [4.69, 9.17) is 11.6 Å². The number of aliphatic hydroxyl groups is 1. The summed E-state index contributed by atoms with van der Waals surface area (Å²) in [7, 11) is 0. The minimum Gasteiger partial charge on any atom is -0.388 e. The van der Waals surface area contributed by atoms with Crippen LogP contribution in [0.5, 0.6) is 0 Å². The van der Waals surface area contributed by atoms with Crippen LogP contribution in [0.2, 0.25) is 5.02 Å². The lowest BCUT2D eigenvalue weighted by Crippen LogP contribution is -2.36. The predicted octanol–water partition coefficient (Wildman–Crippen LogP) is 3.42. The van der Waals surface area contributed by atoms with Crippen molar-refractivity contribution < 1.29 is 9.90 Å². The number of anilines is 1. The van der Waals surface area contributed by atoms with Crippen LogP contribution < -0.4 is 4.90 Å². The molecule has 20 heavy (non-hydrogen) atoms. The van der Waals surface area contributed by atoms with Crippen molar-refractivity contribution in [2.45, 2.75) is 12.5 Å². The lowest BCUT2D eigenvalue weighted by Gasteiger charge is -2.32. The van der Waals surface area contributed by atoms with Crippen LogP contribution in [0.25, 0.3) is 0 Å². The Kier molecular flexibility index (Phi) is 3.47. The summed E-state index contributed by atoms with van der Waals surface area (Å²) in [6, 6.07) is 14.5. The van der Waals surface area contributed by atoms with E-state index in [0.717, 1.165) is 11.3 Å². The van der Waals surface area contributed by atoms with Gasteiger partial charge in [-0.3, -0.25) is 4.79 Å². The molecule has 0 aromatic heterocycles. The van der Waals surface area contributed by atoms with E-state index in [1.807, 2.05) is 24.3 Å². The molecule has 102 valence electrons. The molecule has 0 saturated carbocycles. The first-order valence-corrected chi connectivity index (χ1v) is 6.89. The number of carbonyl (C=O) groups is 1. The normalized spacial score (nSPS) is 17.7. The van der Waals surface area contributed by atoms with Gasteiger partial charge in [0.25, 0.3) is 5.91 Å². The highest BCUT2D eigenvalue weighted by Crippen LogP contribution is 2.34. The molecule has 1 aliphatic heterocycles. The Balaban J connectivity index is 2.02. The summed E-state index contributed by atoms with van der Waals surface area (Å²) in [6.07, 6.45) is 0.0224. The molecule has 3 nitrogen and oxygen atoms in total. The number of fused-ring (bicyclic) bond motifs is 1. The first kappa shape index (κ1) is 13.2. The quantitative estimate of drug-likeness (QED) is 0.873. The number of rotatable bonds is 1. The largest absolute Gasteiger partial charge is 0.388 e. The number of aliphatic hydroxyl groups excluding tert-OH is 1. The molecule has 1 unspecified atom stereocenters. The average molecular weight is 288 g/mol. The van der Waals surface area contributed by atoms with Crippen LogP contribution in [-0.2, 0) is 0 Å².